The Labute approximate surface area is 405 Å². The second kappa shape index (κ2) is 18.0. The summed E-state index contributed by atoms with van der Waals surface area (Å²) in [6.45, 7) is 0. The van der Waals surface area contributed by atoms with Gasteiger partial charge < -0.3 is 9.80 Å². The van der Waals surface area contributed by atoms with Crippen molar-refractivity contribution >= 4 is 34.1 Å². The smallest absolute Gasteiger partial charge is 0.0714 e. The van der Waals surface area contributed by atoms with Gasteiger partial charge in [0.25, 0.3) is 0 Å². The van der Waals surface area contributed by atoms with E-state index in [2.05, 4.69) is 301 Å². The van der Waals surface area contributed by atoms with Crippen molar-refractivity contribution in [2.45, 2.75) is 5.41 Å². The van der Waals surface area contributed by atoms with Crippen LogP contribution in [0, 0.1) is 0 Å². The fourth-order valence-electron chi connectivity index (χ4n) is 10.8. The minimum absolute atomic E-state index is 0.559. The van der Waals surface area contributed by atoms with E-state index >= 15 is 0 Å². The van der Waals surface area contributed by atoms with Crippen molar-refractivity contribution in [1.82, 2.24) is 0 Å². The molecule has 0 bridgehead atoms. The average Bonchev–Trinajstić information content (AvgIpc) is 3.73. The van der Waals surface area contributed by atoms with Crippen molar-refractivity contribution in [3.05, 3.63) is 313 Å². The monoisotopic (exact) mass is 880 g/mol. The number of nitrogens with zero attached hydrogens (tertiary/aromatic N) is 2. The fraction of sp³-hybridized carbons (Fsp3) is 0.0149. The summed E-state index contributed by atoms with van der Waals surface area (Å²) in [5, 5.41) is 0. The van der Waals surface area contributed by atoms with Crippen molar-refractivity contribution in [3.63, 3.8) is 0 Å². The highest BCUT2D eigenvalue weighted by atomic mass is 15.2. The third kappa shape index (κ3) is 7.40. The van der Waals surface area contributed by atoms with Gasteiger partial charge in [0.15, 0.2) is 0 Å². The van der Waals surface area contributed by atoms with Gasteiger partial charge in [-0.3, -0.25) is 0 Å². The summed E-state index contributed by atoms with van der Waals surface area (Å²) in [6.07, 6.45) is 0. The number of anilines is 6. The van der Waals surface area contributed by atoms with E-state index in [0.717, 1.165) is 50.8 Å². The zero-order valence-corrected chi connectivity index (χ0v) is 38.1. The molecule has 0 heterocycles. The Morgan fingerprint density at radius 1 is 0.217 bits per heavy atom. The van der Waals surface area contributed by atoms with E-state index in [-0.39, 0.29) is 0 Å². The van der Waals surface area contributed by atoms with E-state index in [1.165, 1.54) is 50.1 Å². The standard InChI is InChI=1S/C67H48N2/c1-8-25-49(26-9-1)60-40-24-41-61(50-27-10-2-11-28-50)66(60)51-45-58(68(54-33-16-5-17-34-54)55-35-18-6-19-36-55)47-59(46-51)69(56-37-20-7-21-38-56)57-43-44-63-62-39-22-23-42-64(62)67(65(63)48-57,52-29-12-3-13-30-52)53-31-14-4-15-32-53/h1-48H. The third-order valence-electron chi connectivity index (χ3n) is 13.7. The van der Waals surface area contributed by atoms with E-state index in [4.69, 9.17) is 0 Å². The largest absolute Gasteiger partial charge is 0.310 e. The van der Waals surface area contributed by atoms with Crippen LogP contribution >= 0.6 is 0 Å². The molecule has 0 saturated carbocycles. The summed E-state index contributed by atoms with van der Waals surface area (Å²) in [7, 11) is 0. The first-order valence-corrected chi connectivity index (χ1v) is 23.8. The molecule has 0 atom stereocenters. The molecule has 2 heteroatoms. The summed E-state index contributed by atoms with van der Waals surface area (Å²) in [6, 6.07) is 106. The first kappa shape index (κ1) is 41.5. The van der Waals surface area contributed by atoms with Gasteiger partial charge in [0.2, 0.25) is 0 Å². The second-order valence-corrected chi connectivity index (χ2v) is 17.6. The molecule has 0 amide bonds. The minimum atomic E-state index is -0.559. The van der Waals surface area contributed by atoms with E-state index < -0.39 is 5.41 Å². The molecule has 11 aromatic rings. The predicted octanol–water partition coefficient (Wildman–Crippen LogP) is 18.0. The number of para-hydroxylation sites is 3. The Morgan fingerprint density at radius 3 is 1.07 bits per heavy atom. The Balaban J connectivity index is 1.17. The van der Waals surface area contributed by atoms with E-state index in [9.17, 15) is 0 Å². The molecular weight excluding hydrogens is 833 g/mol. The van der Waals surface area contributed by atoms with Crippen molar-refractivity contribution in [1.29, 1.82) is 0 Å². The molecule has 1 aliphatic carbocycles. The van der Waals surface area contributed by atoms with Gasteiger partial charge in [0.1, 0.15) is 0 Å². The number of hydrogen-bond donors (Lipinski definition) is 0. The molecule has 0 saturated heterocycles. The summed E-state index contributed by atoms with van der Waals surface area (Å²) >= 11 is 0. The molecule has 12 rings (SSSR count). The molecule has 11 aromatic carbocycles. The van der Waals surface area contributed by atoms with Crippen LogP contribution in [0.25, 0.3) is 44.5 Å². The number of benzene rings is 11. The third-order valence-corrected chi connectivity index (χ3v) is 13.7. The second-order valence-electron chi connectivity index (χ2n) is 17.6. The maximum Gasteiger partial charge on any atom is 0.0714 e. The van der Waals surface area contributed by atoms with Gasteiger partial charge >= 0.3 is 0 Å². The lowest BCUT2D eigenvalue weighted by Crippen LogP contribution is -2.28. The van der Waals surface area contributed by atoms with Crippen LogP contribution in [0.5, 0.6) is 0 Å². The van der Waals surface area contributed by atoms with Gasteiger partial charge in [-0.25, -0.2) is 0 Å². The number of rotatable bonds is 11. The van der Waals surface area contributed by atoms with E-state index in [1.807, 2.05) is 0 Å². The SMILES string of the molecule is c1ccc(-c2cccc(-c3ccccc3)c2-c2cc(N(c3ccccc3)c3ccccc3)cc(N(c3ccccc3)c3ccc4c(c3)C(c3ccccc3)(c3ccccc3)c3ccccc3-4)c2)cc1. The maximum absolute atomic E-state index is 2.47. The van der Waals surface area contributed by atoms with Gasteiger partial charge in [0.05, 0.1) is 5.41 Å². The lowest BCUT2D eigenvalue weighted by Gasteiger charge is -2.35. The summed E-state index contributed by atoms with van der Waals surface area (Å²) < 4.78 is 0. The van der Waals surface area contributed by atoms with Gasteiger partial charge in [0, 0.05) is 34.1 Å². The highest BCUT2D eigenvalue weighted by Crippen LogP contribution is 2.57. The molecule has 0 N–H and O–H groups in total. The van der Waals surface area contributed by atoms with Gasteiger partial charge in [-0.05, 0) is 133 Å². The van der Waals surface area contributed by atoms with Crippen LogP contribution < -0.4 is 9.80 Å². The highest BCUT2D eigenvalue weighted by Gasteiger charge is 2.46. The fourth-order valence-corrected chi connectivity index (χ4v) is 10.8. The molecule has 326 valence electrons. The minimum Gasteiger partial charge on any atom is -0.310 e. The molecule has 0 aromatic heterocycles. The van der Waals surface area contributed by atoms with Crippen LogP contribution in [0.1, 0.15) is 22.3 Å². The first-order valence-electron chi connectivity index (χ1n) is 23.8. The van der Waals surface area contributed by atoms with Crippen LogP contribution in [-0.2, 0) is 5.41 Å². The molecular formula is C67H48N2. The lowest BCUT2D eigenvalue weighted by atomic mass is 9.67. The van der Waals surface area contributed by atoms with E-state index in [0.29, 0.717) is 0 Å². The van der Waals surface area contributed by atoms with Gasteiger partial charge in [-0.2, -0.15) is 0 Å². The highest BCUT2D eigenvalue weighted by molar-refractivity contribution is 5.98. The molecule has 0 unspecified atom stereocenters. The van der Waals surface area contributed by atoms with Gasteiger partial charge in [-0.1, -0.05) is 224 Å². The van der Waals surface area contributed by atoms with Crippen molar-refractivity contribution in [2.75, 3.05) is 9.80 Å². The number of hydrogen-bond acceptors (Lipinski definition) is 2. The summed E-state index contributed by atoms with van der Waals surface area (Å²) in [4.78, 5) is 4.84. The van der Waals surface area contributed by atoms with Crippen LogP contribution in [0.2, 0.25) is 0 Å². The lowest BCUT2D eigenvalue weighted by molar-refractivity contribution is 0.768. The number of fused-ring (bicyclic) bond motifs is 3. The Hall–Kier alpha value is -8.98. The average molecular weight is 881 g/mol. The van der Waals surface area contributed by atoms with Crippen molar-refractivity contribution < 1.29 is 0 Å². The summed E-state index contributed by atoms with van der Waals surface area (Å²) in [5.41, 5.74) is 20.3. The van der Waals surface area contributed by atoms with E-state index in [1.54, 1.807) is 0 Å². The van der Waals surface area contributed by atoms with Gasteiger partial charge in [-0.15, -0.1) is 0 Å². The first-order chi connectivity index (χ1) is 34.3. The van der Waals surface area contributed by atoms with Crippen molar-refractivity contribution in [2.24, 2.45) is 0 Å². The Bertz CT molecular complexity index is 3390. The topological polar surface area (TPSA) is 6.48 Å². The molecule has 0 spiro atoms. The predicted molar refractivity (Wildman–Crippen MR) is 289 cm³/mol. The normalized spacial score (nSPS) is 12.2. The van der Waals surface area contributed by atoms with Crippen LogP contribution in [-0.4, -0.2) is 0 Å². The van der Waals surface area contributed by atoms with Crippen LogP contribution in [0.4, 0.5) is 34.1 Å². The molecule has 0 aliphatic heterocycles. The van der Waals surface area contributed by atoms with Crippen LogP contribution in [0.3, 0.4) is 0 Å². The zero-order valence-electron chi connectivity index (χ0n) is 38.1. The van der Waals surface area contributed by atoms with Crippen molar-refractivity contribution in [3.8, 4) is 44.5 Å². The molecule has 69 heavy (non-hydrogen) atoms. The quantitative estimate of drug-likeness (QED) is 0.128. The Morgan fingerprint density at radius 2 is 0.594 bits per heavy atom. The maximum atomic E-state index is 2.47. The molecule has 0 radical (unpaired) electrons. The molecule has 2 nitrogen and oxygen atoms in total. The zero-order chi connectivity index (χ0) is 46.0. The molecule has 0 fully saturated rings. The van der Waals surface area contributed by atoms with Crippen LogP contribution in [0.15, 0.2) is 291 Å². The summed E-state index contributed by atoms with van der Waals surface area (Å²) in [5.74, 6) is 0. The Kier molecular flexibility index (Phi) is 10.8. The molecule has 1 aliphatic rings.